The summed E-state index contributed by atoms with van der Waals surface area (Å²) in [5.74, 6) is -0.483. The standard InChI is InChI=1S/C17H22N2O4/c1-17(2)7-13-11(14(20)8-17)6-12(16(22)19-13)15(21)18-9-10-4-3-5-23-10/h6,10H,3-5,7-9H2,1-2H3,(H,18,21)(H,19,22)/t10-/m0/s1. The number of aromatic nitrogens is 1. The fourth-order valence-electron chi connectivity index (χ4n) is 3.30. The second-order valence-corrected chi connectivity index (χ2v) is 7.19. The number of H-pyrrole nitrogens is 1. The number of aromatic amines is 1. The lowest BCUT2D eigenvalue weighted by Crippen LogP contribution is -2.37. The number of Topliss-reactive ketones (excluding diaryl/α,β-unsaturated/α-hetero) is 1. The van der Waals surface area contributed by atoms with E-state index in [1.165, 1.54) is 6.07 Å². The fourth-order valence-corrected chi connectivity index (χ4v) is 3.30. The quantitative estimate of drug-likeness (QED) is 0.882. The highest BCUT2D eigenvalue weighted by Gasteiger charge is 2.32. The van der Waals surface area contributed by atoms with Crippen molar-refractivity contribution in [3.05, 3.63) is 33.2 Å². The minimum absolute atomic E-state index is 0.00481. The summed E-state index contributed by atoms with van der Waals surface area (Å²) < 4.78 is 5.45. The van der Waals surface area contributed by atoms with Crippen LogP contribution in [0.15, 0.2) is 10.9 Å². The number of carbonyl (C=O) groups is 2. The van der Waals surface area contributed by atoms with Crippen molar-refractivity contribution >= 4 is 11.7 Å². The monoisotopic (exact) mass is 318 g/mol. The third-order valence-electron chi connectivity index (χ3n) is 4.48. The van der Waals surface area contributed by atoms with Crippen molar-refractivity contribution in [1.82, 2.24) is 10.3 Å². The molecular formula is C17H22N2O4. The Balaban J connectivity index is 1.80. The smallest absolute Gasteiger partial charge is 0.261 e. The van der Waals surface area contributed by atoms with Gasteiger partial charge in [-0.1, -0.05) is 13.8 Å². The zero-order chi connectivity index (χ0) is 16.6. The molecule has 0 spiro atoms. The molecule has 2 aliphatic rings. The molecule has 1 aliphatic carbocycles. The molecule has 1 aromatic heterocycles. The van der Waals surface area contributed by atoms with Crippen molar-refractivity contribution in [3.63, 3.8) is 0 Å². The summed E-state index contributed by atoms with van der Waals surface area (Å²) >= 11 is 0. The second-order valence-electron chi connectivity index (χ2n) is 7.19. The molecule has 0 saturated carbocycles. The highest BCUT2D eigenvalue weighted by molar-refractivity contribution is 6.02. The van der Waals surface area contributed by atoms with Gasteiger partial charge in [0.25, 0.3) is 11.5 Å². The molecule has 1 fully saturated rings. The van der Waals surface area contributed by atoms with Crippen LogP contribution in [0.5, 0.6) is 0 Å². The van der Waals surface area contributed by atoms with Gasteiger partial charge in [-0.3, -0.25) is 14.4 Å². The molecular weight excluding hydrogens is 296 g/mol. The fraction of sp³-hybridized carbons (Fsp3) is 0.588. The van der Waals surface area contributed by atoms with E-state index < -0.39 is 11.5 Å². The van der Waals surface area contributed by atoms with Crippen molar-refractivity contribution < 1.29 is 14.3 Å². The lowest BCUT2D eigenvalue weighted by molar-refractivity contribution is 0.0856. The number of hydrogen-bond donors (Lipinski definition) is 2. The molecule has 0 bridgehead atoms. The van der Waals surface area contributed by atoms with Crippen molar-refractivity contribution in [2.45, 2.75) is 45.6 Å². The van der Waals surface area contributed by atoms with Crippen LogP contribution in [0.25, 0.3) is 0 Å². The van der Waals surface area contributed by atoms with Gasteiger partial charge in [0.2, 0.25) is 0 Å². The van der Waals surface area contributed by atoms with Crippen LogP contribution in [0, 0.1) is 5.41 Å². The van der Waals surface area contributed by atoms with E-state index in [2.05, 4.69) is 10.3 Å². The van der Waals surface area contributed by atoms with Crippen LogP contribution >= 0.6 is 0 Å². The molecule has 1 aliphatic heterocycles. The molecule has 0 radical (unpaired) electrons. The highest BCUT2D eigenvalue weighted by Crippen LogP contribution is 2.33. The van der Waals surface area contributed by atoms with Crippen molar-refractivity contribution in [1.29, 1.82) is 0 Å². The van der Waals surface area contributed by atoms with Gasteiger partial charge in [-0.2, -0.15) is 0 Å². The summed E-state index contributed by atoms with van der Waals surface area (Å²) in [6.07, 6.45) is 2.96. The Labute approximate surface area is 134 Å². The van der Waals surface area contributed by atoms with Gasteiger partial charge in [-0.05, 0) is 30.7 Å². The van der Waals surface area contributed by atoms with Gasteiger partial charge in [0.1, 0.15) is 5.56 Å². The number of amides is 1. The van der Waals surface area contributed by atoms with Gasteiger partial charge in [0.15, 0.2) is 5.78 Å². The minimum atomic E-state index is -0.456. The van der Waals surface area contributed by atoms with Crippen LogP contribution in [0.2, 0.25) is 0 Å². The summed E-state index contributed by atoms with van der Waals surface area (Å²) in [7, 11) is 0. The molecule has 1 atom stereocenters. The second kappa shape index (κ2) is 5.92. The van der Waals surface area contributed by atoms with Crippen LogP contribution < -0.4 is 10.9 Å². The average Bonchev–Trinajstić information content (AvgIpc) is 2.96. The topological polar surface area (TPSA) is 88.3 Å². The number of rotatable bonds is 3. The molecule has 0 aromatic carbocycles. The molecule has 1 aromatic rings. The van der Waals surface area contributed by atoms with Crippen molar-refractivity contribution in [2.24, 2.45) is 5.41 Å². The molecule has 124 valence electrons. The molecule has 1 amide bonds. The first-order valence-corrected chi connectivity index (χ1v) is 8.05. The lowest BCUT2D eigenvalue weighted by Gasteiger charge is -2.29. The van der Waals surface area contributed by atoms with Crippen LogP contribution in [-0.2, 0) is 11.2 Å². The van der Waals surface area contributed by atoms with Crippen LogP contribution in [0.4, 0.5) is 0 Å². The van der Waals surface area contributed by atoms with E-state index in [4.69, 9.17) is 4.74 Å². The van der Waals surface area contributed by atoms with E-state index in [1.54, 1.807) is 0 Å². The summed E-state index contributed by atoms with van der Waals surface area (Å²) in [6, 6.07) is 1.44. The Morgan fingerprint density at radius 1 is 1.39 bits per heavy atom. The maximum absolute atomic E-state index is 12.3. The number of carbonyl (C=O) groups excluding carboxylic acids is 2. The summed E-state index contributed by atoms with van der Waals surface area (Å²) in [5.41, 5.74) is 0.475. The lowest BCUT2D eigenvalue weighted by atomic mass is 9.75. The Morgan fingerprint density at radius 3 is 2.87 bits per heavy atom. The van der Waals surface area contributed by atoms with E-state index in [1.807, 2.05) is 13.8 Å². The van der Waals surface area contributed by atoms with Crippen molar-refractivity contribution in [3.8, 4) is 0 Å². The van der Waals surface area contributed by atoms with E-state index in [0.717, 1.165) is 12.8 Å². The minimum Gasteiger partial charge on any atom is -0.376 e. The predicted octanol–water partition coefficient (Wildman–Crippen LogP) is 1.44. The first-order chi connectivity index (χ1) is 10.9. The van der Waals surface area contributed by atoms with Gasteiger partial charge < -0.3 is 15.0 Å². The number of ether oxygens (including phenoxy) is 1. The maximum atomic E-state index is 12.3. The number of hydrogen-bond acceptors (Lipinski definition) is 4. The summed E-state index contributed by atoms with van der Waals surface area (Å²) in [6.45, 7) is 5.09. The first kappa shape index (κ1) is 15.9. The highest BCUT2D eigenvalue weighted by atomic mass is 16.5. The van der Waals surface area contributed by atoms with Gasteiger partial charge in [-0.25, -0.2) is 0 Å². The van der Waals surface area contributed by atoms with Gasteiger partial charge in [0.05, 0.1) is 6.10 Å². The van der Waals surface area contributed by atoms with Crippen molar-refractivity contribution in [2.75, 3.05) is 13.2 Å². The number of nitrogens with one attached hydrogen (secondary N) is 2. The first-order valence-electron chi connectivity index (χ1n) is 8.05. The number of fused-ring (bicyclic) bond motifs is 1. The van der Waals surface area contributed by atoms with Crippen LogP contribution in [0.1, 0.15) is 59.5 Å². The molecule has 23 heavy (non-hydrogen) atoms. The van der Waals surface area contributed by atoms with Gasteiger partial charge in [-0.15, -0.1) is 0 Å². The third-order valence-corrected chi connectivity index (χ3v) is 4.48. The van der Waals surface area contributed by atoms with E-state index in [-0.39, 0.29) is 22.9 Å². The number of ketones is 1. The van der Waals surface area contributed by atoms with E-state index in [0.29, 0.717) is 37.3 Å². The normalized spacial score (nSPS) is 22.7. The van der Waals surface area contributed by atoms with Gasteiger partial charge >= 0.3 is 0 Å². The Hall–Kier alpha value is -1.95. The maximum Gasteiger partial charge on any atom is 0.261 e. The van der Waals surface area contributed by atoms with E-state index >= 15 is 0 Å². The molecule has 2 N–H and O–H groups in total. The Kier molecular flexibility index (Phi) is 4.10. The molecule has 3 rings (SSSR count). The third kappa shape index (κ3) is 3.37. The molecule has 6 heteroatoms. The molecule has 0 unspecified atom stereocenters. The van der Waals surface area contributed by atoms with Crippen LogP contribution in [0.3, 0.4) is 0 Å². The summed E-state index contributed by atoms with van der Waals surface area (Å²) in [5, 5.41) is 2.72. The largest absolute Gasteiger partial charge is 0.376 e. The zero-order valence-electron chi connectivity index (χ0n) is 13.5. The molecule has 1 saturated heterocycles. The average molecular weight is 318 g/mol. The zero-order valence-corrected chi connectivity index (χ0v) is 13.5. The predicted molar refractivity (Wildman–Crippen MR) is 84.8 cm³/mol. The number of pyridine rings is 1. The Morgan fingerprint density at radius 2 is 2.17 bits per heavy atom. The van der Waals surface area contributed by atoms with Gasteiger partial charge in [0, 0.05) is 30.8 Å². The Bertz CT molecular complexity index is 699. The van der Waals surface area contributed by atoms with E-state index in [9.17, 15) is 14.4 Å². The van der Waals surface area contributed by atoms with Crippen LogP contribution in [-0.4, -0.2) is 35.9 Å². The SMILES string of the molecule is CC1(C)CC(=O)c2cc(C(=O)NC[C@@H]3CCCO3)c(=O)[nH]c2C1. The molecule has 2 heterocycles. The molecule has 6 nitrogen and oxygen atoms in total. The summed E-state index contributed by atoms with van der Waals surface area (Å²) in [4.78, 5) is 39.4.